The van der Waals surface area contributed by atoms with Crippen LogP contribution in [0.4, 0.5) is 5.82 Å². The Bertz CT molecular complexity index is 366. The van der Waals surface area contributed by atoms with Gasteiger partial charge >= 0.3 is 0 Å². The molecule has 0 spiro atoms. The molecule has 1 rings (SSSR count). The lowest BCUT2D eigenvalue weighted by atomic mass is 10.3. The first-order valence-corrected chi connectivity index (χ1v) is 4.60. The van der Waals surface area contributed by atoms with Gasteiger partial charge in [0.2, 0.25) is 5.90 Å². The van der Waals surface area contributed by atoms with Gasteiger partial charge in [-0.15, -0.1) is 0 Å². The quantitative estimate of drug-likeness (QED) is 0.338. The Morgan fingerprint density at radius 2 is 2.47 bits per heavy atom. The molecule has 1 aromatic rings. The van der Waals surface area contributed by atoms with E-state index in [0.29, 0.717) is 18.0 Å². The molecule has 0 aliphatic carbocycles. The van der Waals surface area contributed by atoms with Gasteiger partial charge in [0.15, 0.2) is 6.19 Å². The summed E-state index contributed by atoms with van der Waals surface area (Å²) in [5.41, 5.74) is 0.604. The third-order valence-corrected chi connectivity index (χ3v) is 1.66. The molecule has 1 heterocycles. The van der Waals surface area contributed by atoms with Gasteiger partial charge in [-0.05, 0) is 18.6 Å². The third-order valence-electron chi connectivity index (χ3n) is 1.66. The van der Waals surface area contributed by atoms with Crippen LogP contribution in [0.2, 0.25) is 0 Å². The molecule has 0 radical (unpaired) electrons. The van der Waals surface area contributed by atoms with E-state index in [4.69, 9.17) is 15.4 Å². The zero-order valence-electron chi connectivity index (χ0n) is 8.45. The van der Waals surface area contributed by atoms with Crippen LogP contribution in [0.5, 0.6) is 0 Å². The van der Waals surface area contributed by atoms with Crippen LogP contribution >= 0.6 is 0 Å². The summed E-state index contributed by atoms with van der Waals surface area (Å²) in [5, 5.41) is 18.3. The zero-order valence-corrected chi connectivity index (χ0v) is 8.45. The summed E-state index contributed by atoms with van der Waals surface area (Å²) in [6.45, 7) is 2.50. The maximum atomic E-state index is 8.35. The molecule has 0 atom stereocenters. The summed E-state index contributed by atoms with van der Waals surface area (Å²) in [4.78, 5) is 3.94. The third kappa shape index (κ3) is 3.27. The molecule has 5 nitrogen and oxygen atoms in total. The van der Waals surface area contributed by atoms with Crippen molar-refractivity contribution in [3.05, 3.63) is 23.9 Å². The summed E-state index contributed by atoms with van der Waals surface area (Å²) < 4.78 is 5.13. The Balaban J connectivity index is 2.63. The van der Waals surface area contributed by atoms with Crippen LogP contribution in [0, 0.1) is 16.9 Å². The second-order valence-corrected chi connectivity index (χ2v) is 2.85. The predicted molar refractivity (Wildman–Crippen MR) is 56.5 cm³/mol. The van der Waals surface area contributed by atoms with E-state index in [1.165, 1.54) is 6.20 Å². The number of hydrogen-bond acceptors (Lipinski definition) is 5. The first-order chi connectivity index (χ1) is 7.27. The number of rotatable bonds is 4. The molecule has 0 aliphatic heterocycles. The molecule has 0 bridgehead atoms. The van der Waals surface area contributed by atoms with Crippen LogP contribution in [0.3, 0.4) is 0 Å². The maximum absolute atomic E-state index is 8.35. The minimum absolute atomic E-state index is 0.104. The monoisotopic (exact) mass is 204 g/mol. The van der Waals surface area contributed by atoms with Gasteiger partial charge in [0.1, 0.15) is 5.82 Å². The van der Waals surface area contributed by atoms with Crippen molar-refractivity contribution in [2.24, 2.45) is 0 Å². The Hall–Kier alpha value is -2.09. The van der Waals surface area contributed by atoms with Gasteiger partial charge < -0.3 is 4.74 Å². The van der Waals surface area contributed by atoms with Crippen molar-refractivity contribution in [1.29, 1.82) is 10.7 Å². The summed E-state index contributed by atoms with van der Waals surface area (Å²) in [6.07, 6.45) is 4.13. The fourth-order valence-electron chi connectivity index (χ4n) is 0.947. The second-order valence-electron chi connectivity index (χ2n) is 2.85. The van der Waals surface area contributed by atoms with Gasteiger partial charge in [-0.1, -0.05) is 6.92 Å². The molecule has 0 saturated heterocycles. The molecule has 2 N–H and O–H groups in total. The van der Waals surface area contributed by atoms with Gasteiger partial charge in [0.25, 0.3) is 0 Å². The highest BCUT2D eigenvalue weighted by Gasteiger charge is 2.02. The van der Waals surface area contributed by atoms with Crippen molar-refractivity contribution in [3.63, 3.8) is 0 Å². The molecule has 0 aromatic carbocycles. The predicted octanol–water partition coefficient (Wildman–Crippen LogP) is 1.73. The van der Waals surface area contributed by atoms with Gasteiger partial charge in [0.05, 0.1) is 12.2 Å². The number of pyridine rings is 1. The van der Waals surface area contributed by atoms with Gasteiger partial charge in [-0.3, -0.25) is 10.7 Å². The van der Waals surface area contributed by atoms with E-state index in [0.717, 1.165) is 6.42 Å². The first kappa shape index (κ1) is 11.0. The molecule has 0 fully saturated rings. The van der Waals surface area contributed by atoms with E-state index >= 15 is 0 Å². The van der Waals surface area contributed by atoms with Crippen LogP contribution in [-0.4, -0.2) is 17.5 Å². The van der Waals surface area contributed by atoms with Crippen molar-refractivity contribution in [3.8, 4) is 6.19 Å². The highest BCUT2D eigenvalue weighted by atomic mass is 16.5. The fourth-order valence-corrected chi connectivity index (χ4v) is 0.947. The van der Waals surface area contributed by atoms with Crippen molar-refractivity contribution >= 4 is 11.7 Å². The summed E-state index contributed by atoms with van der Waals surface area (Å²) in [7, 11) is 0. The van der Waals surface area contributed by atoms with Crippen LogP contribution in [0.15, 0.2) is 18.3 Å². The maximum Gasteiger partial charge on any atom is 0.214 e. The number of hydrogen-bond donors (Lipinski definition) is 2. The van der Waals surface area contributed by atoms with E-state index in [-0.39, 0.29) is 5.90 Å². The number of nitrogens with zero attached hydrogens (tertiary/aromatic N) is 2. The highest BCUT2D eigenvalue weighted by molar-refractivity contribution is 5.91. The Morgan fingerprint density at radius 1 is 1.67 bits per heavy atom. The van der Waals surface area contributed by atoms with Crippen molar-refractivity contribution in [2.45, 2.75) is 13.3 Å². The standard InChI is InChI=1S/C10H12N4O/c1-2-5-15-10(12)8-3-4-9(13-6-8)14-7-11/h3-4,6,12H,2,5H2,1H3,(H,13,14). The Kier molecular flexibility index (Phi) is 4.10. The minimum Gasteiger partial charge on any atom is -0.478 e. The molecule has 0 amide bonds. The van der Waals surface area contributed by atoms with E-state index < -0.39 is 0 Å². The van der Waals surface area contributed by atoms with E-state index in [9.17, 15) is 0 Å². The molecule has 0 unspecified atom stereocenters. The van der Waals surface area contributed by atoms with E-state index in [2.05, 4.69) is 10.3 Å². The highest BCUT2D eigenvalue weighted by Crippen LogP contribution is 2.05. The molecular formula is C10H12N4O. The van der Waals surface area contributed by atoms with Crippen LogP contribution in [0.25, 0.3) is 0 Å². The average Bonchev–Trinajstić information content (AvgIpc) is 2.27. The van der Waals surface area contributed by atoms with Crippen LogP contribution in [-0.2, 0) is 4.74 Å². The molecular weight excluding hydrogens is 192 g/mol. The van der Waals surface area contributed by atoms with Gasteiger partial charge in [0, 0.05) is 6.20 Å². The van der Waals surface area contributed by atoms with Crippen LogP contribution < -0.4 is 5.32 Å². The smallest absolute Gasteiger partial charge is 0.214 e. The lowest BCUT2D eigenvalue weighted by Crippen LogP contribution is -2.06. The van der Waals surface area contributed by atoms with Crippen LogP contribution in [0.1, 0.15) is 18.9 Å². The molecule has 0 saturated carbocycles. The molecule has 1 aromatic heterocycles. The topological polar surface area (TPSA) is 81.8 Å². The van der Waals surface area contributed by atoms with Crippen molar-refractivity contribution in [2.75, 3.05) is 11.9 Å². The van der Waals surface area contributed by atoms with Crippen molar-refractivity contribution in [1.82, 2.24) is 4.98 Å². The lowest BCUT2D eigenvalue weighted by molar-refractivity contribution is 0.303. The summed E-state index contributed by atoms with van der Waals surface area (Å²) >= 11 is 0. The van der Waals surface area contributed by atoms with E-state index in [1.54, 1.807) is 18.3 Å². The number of nitriles is 1. The Labute approximate surface area is 88.2 Å². The molecule has 5 heteroatoms. The molecule has 0 aliphatic rings. The number of nitrogens with one attached hydrogen (secondary N) is 2. The second kappa shape index (κ2) is 5.60. The minimum atomic E-state index is 0.104. The zero-order chi connectivity index (χ0) is 11.1. The number of ether oxygens (including phenoxy) is 1. The van der Waals surface area contributed by atoms with Crippen molar-refractivity contribution < 1.29 is 4.74 Å². The average molecular weight is 204 g/mol. The fraction of sp³-hybridized carbons (Fsp3) is 0.300. The largest absolute Gasteiger partial charge is 0.478 e. The van der Waals surface area contributed by atoms with E-state index in [1.807, 2.05) is 6.92 Å². The summed E-state index contributed by atoms with van der Waals surface area (Å²) in [5.74, 6) is 0.567. The first-order valence-electron chi connectivity index (χ1n) is 4.60. The van der Waals surface area contributed by atoms with Gasteiger partial charge in [-0.25, -0.2) is 4.98 Å². The summed E-state index contributed by atoms with van der Waals surface area (Å²) in [6, 6.07) is 3.31. The molecule has 78 valence electrons. The SMILES string of the molecule is CCCOC(=N)c1ccc(NC#N)nc1. The van der Waals surface area contributed by atoms with Gasteiger partial charge in [-0.2, -0.15) is 5.26 Å². The number of aromatic nitrogens is 1. The molecule has 15 heavy (non-hydrogen) atoms. The Morgan fingerprint density at radius 3 is 3.00 bits per heavy atom. The normalized spacial score (nSPS) is 9.07. The number of anilines is 1. The lowest BCUT2D eigenvalue weighted by Gasteiger charge is -2.05.